The third-order valence-corrected chi connectivity index (χ3v) is 2.86. The maximum absolute atomic E-state index is 11.6. The molecule has 18 heavy (non-hydrogen) atoms. The molecule has 0 rings (SSSR count). The Kier molecular flexibility index (Phi) is 11.0. The van der Waals surface area contributed by atoms with E-state index >= 15 is 0 Å². The molecule has 0 aliphatic rings. The molecule has 0 aromatic heterocycles. The Morgan fingerprint density at radius 1 is 1.28 bits per heavy atom. The smallest absolute Gasteiger partial charge is 0.236 e. The van der Waals surface area contributed by atoms with Gasteiger partial charge in [-0.05, 0) is 26.4 Å². The molecule has 0 aromatic carbocycles. The minimum absolute atomic E-state index is 0.0330. The maximum Gasteiger partial charge on any atom is 0.236 e. The lowest BCUT2D eigenvalue weighted by Gasteiger charge is -2.21. The molecule has 1 atom stereocenters. The second-order valence-electron chi connectivity index (χ2n) is 4.39. The van der Waals surface area contributed by atoms with Gasteiger partial charge in [-0.25, -0.2) is 0 Å². The van der Waals surface area contributed by atoms with Gasteiger partial charge in [-0.2, -0.15) is 0 Å². The molecular weight excluding hydrogens is 230 g/mol. The van der Waals surface area contributed by atoms with Gasteiger partial charge >= 0.3 is 0 Å². The summed E-state index contributed by atoms with van der Waals surface area (Å²) in [5.41, 5.74) is 0. The van der Waals surface area contributed by atoms with Crippen LogP contribution in [0, 0.1) is 0 Å². The highest BCUT2D eigenvalue weighted by Crippen LogP contribution is 1.90. The molecule has 0 aliphatic heterocycles. The van der Waals surface area contributed by atoms with Crippen molar-refractivity contribution in [2.24, 2.45) is 0 Å². The van der Waals surface area contributed by atoms with Gasteiger partial charge in [0, 0.05) is 26.7 Å². The molecule has 5 heteroatoms. The second kappa shape index (κ2) is 11.4. The Hall–Kier alpha value is -0.650. The fourth-order valence-corrected chi connectivity index (χ4v) is 1.71. The van der Waals surface area contributed by atoms with Crippen LogP contribution in [-0.2, 0) is 9.53 Å². The Morgan fingerprint density at radius 2 is 2.00 bits per heavy atom. The molecule has 0 aromatic rings. The van der Waals surface area contributed by atoms with Crippen molar-refractivity contribution in [3.8, 4) is 0 Å². The minimum Gasteiger partial charge on any atom is -0.383 e. The van der Waals surface area contributed by atoms with Crippen molar-refractivity contribution in [1.82, 2.24) is 15.5 Å². The molecule has 0 saturated heterocycles. The van der Waals surface area contributed by atoms with E-state index in [2.05, 4.69) is 29.4 Å². The third-order valence-electron chi connectivity index (χ3n) is 2.86. The maximum atomic E-state index is 11.6. The first-order valence-corrected chi connectivity index (χ1v) is 6.88. The lowest BCUT2D eigenvalue weighted by atomic mass is 10.3. The fourth-order valence-electron chi connectivity index (χ4n) is 1.71. The van der Waals surface area contributed by atoms with Gasteiger partial charge in [0.1, 0.15) is 0 Å². The van der Waals surface area contributed by atoms with E-state index < -0.39 is 0 Å². The molecule has 0 radical (unpaired) electrons. The molecule has 0 saturated carbocycles. The van der Waals surface area contributed by atoms with Crippen molar-refractivity contribution in [2.75, 3.05) is 46.4 Å². The zero-order valence-electron chi connectivity index (χ0n) is 12.3. The molecule has 1 unspecified atom stereocenters. The van der Waals surface area contributed by atoms with E-state index in [1.165, 1.54) is 6.42 Å². The van der Waals surface area contributed by atoms with Crippen LogP contribution in [0.25, 0.3) is 0 Å². The first-order chi connectivity index (χ1) is 8.65. The van der Waals surface area contributed by atoms with Gasteiger partial charge in [0.2, 0.25) is 5.91 Å². The Bertz CT molecular complexity index is 212. The normalized spacial score (nSPS) is 12.7. The first kappa shape index (κ1) is 17.4. The van der Waals surface area contributed by atoms with Crippen LogP contribution in [0.15, 0.2) is 0 Å². The predicted molar refractivity (Wildman–Crippen MR) is 74.8 cm³/mol. The number of amides is 1. The number of nitrogens with zero attached hydrogens (tertiary/aromatic N) is 1. The lowest BCUT2D eigenvalue weighted by Crippen LogP contribution is -2.45. The van der Waals surface area contributed by atoms with Crippen LogP contribution in [0.1, 0.15) is 27.2 Å². The van der Waals surface area contributed by atoms with Crippen LogP contribution in [0.4, 0.5) is 0 Å². The van der Waals surface area contributed by atoms with Gasteiger partial charge in [-0.1, -0.05) is 13.8 Å². The largest absolute Gasteiger partial charge is 0.383 e. The van der Waals surface area contributed by atoms with Crippen LogP contribution in [0.3, 0.4) is 0 Å². The van der Waals surface area contributed by atoms with Crippen molar-refractivity contribution in [2.45, 2.75) is 33.2 Å². The van der Waals surface area contributed by atoms with Crippen molar-refractivity contribution < 1.29 is 9.53 Å². The summed E-state index contributed by atoms with van der Waals surface area (Å²) in [5, 5.41) is 6.06. The molecule has 0 fully saturated rings. The molecule has 2 N–H and O–H groups in total. The van der Waals surface area contributed by atoms with Gasteiger partial charge in [-0.3, -0.25) is 4.79 Å². The summed E-state index contributed by atoms with van der Waals surface area (Å²) in [4.78, 5) is 14.0. The topological polar surface area (TPSA) is 53.6 Å². The van der Waals surface area contributed by atoms with Crippen LogP contribution >= 0.6 is 0 Å². The average molecular weight is 259 g/mol. The van der Waals surface area contributed by atoms with Gasteiger partial charge < -0.3 is 20.3 Å². The van der Waals surface area contributed by atoms with E-state index in [9.17, 15) is 4.79 Å². The summed E-state index contributed by atoms with van der Waals surface area (Å²) >= 11 is 0. The quantitative estimate of drug-likeness (QED) is 0.529. The highest BCUT2D eigenvalue weighted by Gasteiger charge is 2.11. The zero-order valence-corrected chi connectivity index (χ0v) is 12.3. The summed E-state index contributed by atoms with van der Waals surface area (Å²) in [6.07, 6.45) is 1.17. The van der Waals surface area contributed by atoms with Gasteiger partial charge in [0.25, 0.3) is 0 Å². The number of hydrogen-bond acceptors (Lipinski definition) is 4. The Morgan fingerprint density at radius 3 is 2.56 bits per heavy atom. The van der Waals surface area contributed by atoms with Crippen LogP contribution < -0.4 is 10.6 Å². The minimum atomic E-state index is -0.151. The van der Waals surface area contributed by atoms with E-state index in [1.807, 2.05) is 6.92 Å². The second-order valence-corrected chi connectivity index (χ2v) is 4.39. The lowest BCUT2D eigenvalue weighted by molar-refractivity contribution is -0.122. The standard InChI is InChI=1S/C13H29N3O2/c1-5-9-16(6-2)10-7-14-12(3)13(17)15-8-11-18-4/h12,14H,5-11H2,1-4H3,(H,15,17). The number of ether oxygens (including phenoxy) is 1. The Labute approximate surface area is 111 Å². The number of likely N-dealkylation sites (N-methyl/N-ethyl adjacent to an activating group) is 1. The molecule has 0 bridgehead atoms. The number of methoxy groups -OCH3 is 1. The molecule has 108 valence electrons. The van der Waals surface area contributed by atoms with Crippen molar-refractivity contribution in [3.63, 3.8) is 0 Å². The van der Waals surface area contributed by atoms with Crippen molar-refractivity contribution in [1.29, 1.82) is 0 Å². The van der Waals surface area contributed by atoms with E-state index in [4.69, 9.17) is 4.74 Å². The summed E-state index contributed by atoms with van der Waals surface area (Å²) < 4.78 is 4.88. The number of carbonyl (C=O) groups is 1. The predicted octanol–water partition coefficient (Wildman–Crippen LogP) is 0.459. The number of carbonyl (C=O) groups excluding carboxylic acids is 1. The summed E-state index contributed by atoms with van der Waals surface area (Å²) in [6, 6.07) is -0.151. The van der Waals surface area contributed by atoms with E-state index in [-0.39, 0.29) is 11.9 Å². The van der Waals surface area contributed by atoms with Crippen LogP contribution in [-0.4, -0.2) is 63.3 Å². The summed E-state index contributed by atoms with van der Waals surface area (Å²) in [5.74, 6) is 0.0330. The van der Waals surface area contributed by atoms with Crippen molar-refractivity contribution >= 4 is 5.91 Å². The zero-order chi connectivity index (χ0) is 13.8. The molecule has 0 spiro atoms. The number of nitrogens with one attached hydrogen (secondary N) is 2. The highest BCUT2D eigenvalue weighted by molar-refractivity contribution is 5.81. The van der Waals surface area contributed by atoms with Gasteiger partial charge in [0.05, 0.1) is 12.6 Å². The number of hydrogen-bond donors (Lipinski definition) is 2. The molecule has 1 amide bonds. The molecule has 0 aliphatic carbocycles. The average Bonchev–Trinajstić information content (AvgIpc) is 2.37. The monoisotopic (exact) mass is 259 g/mol. The number of rotatable bonds is 11. The fraction of sp³-hybridized carbons (Fsp3) is 0.923. The van der Waals surface area contributed by atoms with E-state index in [1.54, 1.807) is 7.11 Å². The Balaban J connectivity index is 3.67. The van der Waals surface area contributed by atoms with Crippen LogP contribution in [0.5, 0.6) is 0 Å². The molecular formula is C13H29N3O2. The van der Waals surface area contributed by atoms with Gasteiger partial charge in [-0.15, -0.1) is 0 Å². The van der Waals surface area contributed by atoms with Crippen LogP contribution in [0.2, 0.25) is 0 Å². The SMILES string of the molecule is CCCN(CC)CCNC(C)C(=O)NCCOC. The van der Waals surface area contributed by atoms with Gasteiger partial charge in [0.15, 0.2) is 0 Å². The third kappa shape index (κ3) is 8.44. The molecule has 0 heterocycles. The first-order valence-electron chi connectivity index (χ1n) is 6.88. The molecule has 5 nitrogen and oxygen atoms in total. The highest BCUT2D eigenvalue weighted by atomic mass is 16.5. The summed E-state index contributed by atoms with van der Waals surface area (Å²) in [7, 11) is 1.63. The van der Waals surface area contributed by atoms with Crippen molar-refractivity contribution in [3.05, 3.63) is 0 Å². The van der Waals surface area contributed by atoms with E-state index in [0.29, 0.717) is 13.2 Å². The van der Waals surface area contributed by atoms with E-state index in [0.717, 1.165) is 26.2 Å². The summed E-state index contributed by atoms with van der Waals surface area (Å²) in [6.45, 7) is 11.4.